The quantitative estimate of drug-likeness (QED) is 0.412. The zero-order valence-corrected chi connectivity index (χ0v) is 15.0. The van der Waals surface area contributed by atoms with Crippen LogP contribution in [0, 0.1) is 11.3 Å². The van der Waals surface area contributed by atoms with Crippen molar-refractivity contribution in [3.8, 4) is 29.1 Å². The van der Waals surface area contributed by atoms with Crippen molar-refractivity contribution in [1.29, 1.82) is 5.26 Å². The molecule has 0 spiro atoms. The minimum atomic E-state index is -1.31. The van der Waals surface area contributed by atoms with Crippen molar-refractivity contribution >= 4 is 12.0 Å². The van der Waals surface area contributed by atoms with Gasteiger partial charge in [0.25, 0.3) is 0 Å². The summed E-state index contributed by atoms with van der Waals surface area (Å²) in [6.07, 6.45) is 1.24. The second kappa shape index (κ2) is 9.73. The largest absolute Gasteiger partial charge is 0.493 e. The maximum atomic E-state index is 11.1. The number of ether oxygens (including phenoxy) is 4. The Bertz CT molecular complexity index is 869. The van der Waals surface area contributed by atoms with Crippen molar-refractivity contribution in [2.45, 2.75) is 0 Å². The van der Waals surface area contributed by atoms with Gasteiger partial charge in [0.05, 0.1) is 14.2 Å². The van der Waals surface area contributed by atoms with E-state index in [-0.39, 0.29) is 13.2 Å². The first kappa shape index (κ1) is 19.7. The summed E-state index contributed by atoms with van der Waals surface area (Å²) in [6.45, 7) is 0.403. The number of nitrogens with zero attached hydrogens (tertiary/aromatic N) is 1. The van der Waals surface area contributed by atoms with Crippen LogP contribution in [-0.4, -0.2) is 38.5 Å². The Morgan fingerprint density at radius 1 is 1.00 bits per heavy atom. The number of para-hydroxylation sites is 3. The van der Waals surface area contributed by atoms with Crippen LogP contribution in [0.4, 0.5) is 0 Å². The monoisotopic (exact) mass is 369 g/mol. The van der Waals surface area contributed by atoms with Gasteiger partial charge in [-0.1, -0.05) is 24.3 Å². The lowest BCUT2D eigenvalue weighted by molar-refractivity contribution is -0.132. The van der Waals surface area contributed by atoms with Crippen LogP contribution < -0.4 is 18.9 Å². The van der Waals surface area contributed by atoms with E-state index in [1.54, 1.807) is 43.5 Å². The standard InChI is InChI=1S/C20H19NO6/c1-24-16-7-3-4-8-17(16)26-10-11-27-19-14(6-5-9-18(19)25-2)12-15(13-21)20(22)23/h3-9,12H,10-11H2,1-2H3,(H,22,23). The van der Waals surface area contributed by atoms with Crippen LogP contribution in [0.5, 0.6) is 23.0 Å². The first-order valence-corrected chi connectivity index (χ1v) is 8.01. The van der Waals surface area contributed by atoms with E-state index in [9.17, 15) is 4.79 Å². The zero-order chi connectivity index (χ0) is 19.6. The molecule has 0 bridgehead atoms. The van der Waals surface area contributed by atoms with Crippen molar-refractivity contribution in [3.05, 3.63) is 53.6 Å². The molecule has 0 saturated carbocycles. The van der Waals surface area contributed by atoms with E-state index >= 15 is 0 Å². The lowest BCUT2D eigenvalue weighted by atomic mass is 10.1. The minimum Gasteiger partial charge on any atom is -0.493 e. The van der Waals surface area contributed by atoms with Gasteiger partial charge in [-0.15, -0.1) is 0 Å². The predicted molar refractivity (Wildman–Crippen MR) is 98.2 cm³/mol. The van der Waals surface area contributed by atoms with E-state index in [1.165, 1.54) is 13.2 Å². The number of hydrogen-bond acceptors (Lipinski definition) is 6. The number of aliphatic carboxylic acids is 1. The van der Waals surface area contributed by atoms with Crippen molar-refractivity contribution in [3.63, 3.8) is 0 Å². The van der Waals surface area contributed by atoms with Gasteiger partial charge in [-0.2, -0.15) is 5.26 Å². The van der Waals surface area contributed by atoms with Crippen molar-refractivity contribution in [2.75, 3.05) is 27.4 Å². The molecule has 0 saturated heterocycles. The van der Waals surface area contributed by atoms with Crippen LogP contribution in [0.2, 0.25) is 0 Å². The van der Waals surface area contributed by atoms with Crippen LogP contribution in [0.1, 0.15) is 5.56 Å². The van der Waals surface area contributed by atoms with Gasteiger partial charge in [-0.05, 0) is 24.3 Å². The molecule has 0 radical (unpaired) electrons. The lowest BCUT2D eigenvalue weighted by Gasteiger charge is -2.14. The normalized spacial score (nSPS) is 10.6. The average Bonchev–Trinajstić information content (AvgIpc) is 2.69. The first-order valence-electron chi connectivity index (χ1n) is 8.01. The minimum absolute atomic E-state index is 0.175. The topological polar surface area (TPSA) is 98.0 Å². The highest BCUT2D eigenvalue weighted by molar-refractivity contribution is 5.97. The molecule has 7 nitrogen and oxygen atoms in total. The molecule has 0 amide bonds. The zero-order valence-electron chi connectivity index (χ0n) is 15.0. The lowest BCUT2D eigenvalue weighted by Crippen LogP contribution is -2.11. The molecule has 2 aromatic rings. The molecule has 0 heterocycles. The molecule has 0 unspecified atom stereocenters. The number of nitriles is 1. The number of hydrogen-bond donors (Lipinski definition) is 1. The Hall–Kier alpha value is -3.66. The van der Waals surface area contributed by atoms with Gasteiger partial charge in [0.15, 0.2) is 23.0 Å². The van der Waals surface area contributed by atoms with Crippen LogP contribution in [0.3, 0.4) is 0 Å². The number of benzene rings is 2. The van der Waals surface area contributed by atoms with Gasteiger partial charge in [-0.3, -0.25) is 0 Å². The number of carbonyl (C=O) groups is 1. The van der Waals surface area contributed by atoms with E-state index in [4.69, 9.17) is 29.3 Å². The summed E-state index contributed by atoms with van der Waals surface area (Å²) in [4.78, 5) is 11.1. The number of rotatable bonds is 9. The Kier molecular flexibility index (Phi) is 7.08. The molecular weight excluding hydrogens is 350 g/mol. The summed E-state index contributed by atoms with van der Waals surface area (Å²) in [5.41, 5.74) is 0.0176. The van der Waals surface area contributed by atoms with Crippen LogP contribution in [0.25, 0.3) is 6.08 Å². The smallest absolute Gasteiger partial charge is 0.346 e. The first-order chi connectivity index (χ1) is 13.1. The molecule has 1 N–H and O–H groups in total. The van der Waals surface area contributed by atoms with Crippen LogP contribution in [0.15, 0.2) is 48.0 Å². The van der Waals surface area contributed by atoms with Crippen LogP contribution in [-0.2, 0) is 4.79 Å². The summed E-state index contributed by atoms with van der Waals surface area (Å²) in [6, 6.07) is 13.9. The van der Waals surface area contributed by atoms with Gasteiger partial charge in [-0.25, -0.2) is 4.79 Å². The van der Waals surface area contributed by atoms with Crippen molar-refractivity contribution in [1.82, 2.24) is 0 Å². The van der Waals surface area contributed by atoms with Gasteiger partial charge >= 0.3 is 5.97 Å². The molecule has 7 heteroatoms. The third-order valence-corrected chi connectivity index (χ3v) is 3.54. The molecular formula is C20H19NO6. The van der Waals surface area contributed by atoms with Gasteiger partial charge < -0.3 is 24.1 Å². The molecule has 0 aliphatic rings. The Morgan fingerprint density at radius 3 is 2.26 bits per heavy atom. The van der Waals surface area contributed by atoms with E-state index in [1.807, 2.05) is 12.1 Å². The highest BCUT2D eigenvalue weighted by Gasteiger charge is 2.13. The molecule has 0 aliphatic carbocycles. The number of carboxylic acid groups (broad SMARTS) is 1. The molecule has 0 aliphatic heterocycles. The summed E-state index contributed by atoms with van der Waals surface area (Å²) < 4.78 is 21.9. The SMILES string of the molecule is COc1ccccc1OCCOc1c(C=C(C#N)C(=O)O)cccc1OC. The van der Waals surface area contributed by atoms with Crippen LogP contribution >= 0.6 is 0 Å². The third kappa shape index (κ3) is 5.16. The third-order valence-electron chi connectivity index (χ3n) is 3.54. The summed E-state index contributed by atoms with van der Waals surface area (Å²) >= 11 is 0. The highest BCUT2D eigenvalue weighted by Crippen LogP contribution is 2.33. The average molecular weight is 369 g/mol. The second-order valence-electron chi connectivity index (χ2n) is 5.20. The molecule has 140 valence electrons. The van der Waals surface area contributed by atoms with E-state index in [2.05, 4.69) is 0 Å². The van der Waals surface area contributed by atoms with Crippen molar-refractivity contribution < 1.29 is 28.8 Å². The Balaban J connectivity index is 2.13. The fourth-order valence-electron chi connectivity index (χ4n) is 2.29. The number of methoxy groups -OCH3 is 2. The molecule has 0 atom stereocenters. The highest BCUT2D eigenvalue weighted by atomic mass is 16.5. The molecule has 2 rings (SSSR count). The molecule has 0 aromatic heterocycles. The fraction of sp³-hybridized carbons (Fsp3) is 0.200. The molecule has 0 fully saturated rings. The van der Waals surface area contributed by atoms with Crippen molar-refractivity contribution in [2.24, 2.45) is 0 Å². The summed E-state index contributed by atoms with van der Waals surface area (Å²) in [5.74, 6) is 0.632. The van der Waals surface area contributed by atoms with E-state index in [0.29, 0.717) is 28.6 Å². The van der Waals surface area contributed by atoms with E-state index in [0.717, 1.165) is 0 Å². The predicted octanol–water partition coefficient (Wildman–Crippen LogP) is 3.15. The summed E-state index contributed by atoms with van der Waals surface area (Å²) in [5, 5.41) is 18.0. The number of carboxylic acids is 1. The Morgan fingerprint density at radius 2 is 1.63 bits per heavy atom. The summed E-state index contributed by atoms with van der Waals surface area (Å²) in [7, 11) is 3.03. The molecule has 27 heavy (non-hydrogen) atoms. The maximum Gasteiger partial charge on any atom is 0.346 e. The molecule has 2 aromatic carbocycles. The maximum absolute atomic E-state index is 11.1. The van der Waals surface area contributed by atoms with E-state index < -0.39 is 11.5 Å². The Labute approximate surface area is 157 Å². The van der Waals surface area contributed by atoms with Gasteiger partial charge in [0.1, 0.15) is 24.9 Å². The van der Waals surface area contributed by atoms with Gasteiger partial charge in [0, 0.05) is 5.56 Å². The fourth-order valence-corrected chi connectivity index (χ4v) is 2.29. The second-order valence-corrected chi connectivity index (χ2v) is 5.20. The van der Waals surface area contributed by atoms with Gasteiger partial charge in [0.2, 0.25) is 0 Å².